The largest absolute Gasteiger partial charge is 0.368 e. The van der Waals surface area contributed by atoms with Crippen molar-refractivity contribution in [2.45, 2.75) is 51.8 Å². The molecule has 1 saturated heterocycles. The van der Waals surface area contributed by atoms with Gasteiger partial charge in [0, 0.05) is 18.8 Å². The van der Waals surface area contributed by atoms with Crippen molar-refractivity contribution >= 4 is 17.5 Å². The number of benzene rings is 1. The molecule has 5 nitrogen and oxygen atoms in total. The predicted molar refractivity (Wildman–Crippen MR) is 87.8 cm³/mol. The number of nitrogens with zero attached hydrogens (tertiary/aromatic N) is 1. The number of nitrogens with one attached hydrogen (secondary N) is 1. The molecule has 124 valence electrons. The fourth-order valence-corrected chi connectivity index (χ4v) is 3.37. The maximum absolute atomic E-state index is 13.0. The lowest BCUT2D eigenvalue weighted by molar-refractivity contribution is -0.148. The van der Waals surface area contributed by atoms with Gasteiger partial charge in [0.15, 0.2) is 0 Å². The molecule has 0 radical (unpaired) electrons. The molecule has 2 aliphatic rings. The van der Waals surface area contributed by atoms with Crippen LogP contribution in [-0.2, 0) is 20.9 Å². The minimum Gasteiger partial charge on any atom is -0.368 e. The summed E-state index contributed by atoms with van der Waals surface area (Å²) in [5, 5.41) is 2.99. The zero-order chi connectivity index (χ0) is 16.4. The Hall–Kier alpha value is -1.88. The van der Waals surface area contributed by atoms with Gasteiger partial charge >= 0.3 is 0 Å². The standard InChI is InChI=1S/C18H24N2O3/c1-3-12(2)16-17(21)19-14-8-5-4-7-13(14)11-20(16)18(22)15-9-6-10-23-15/h4-5,7-8,12,15-16H,3,6,9-11H2,1-2H3,(H,19,21)/t12-,15-,16-/m0/s1. The number of rotatable bonds is 3. The van der Waals surface area contributed by atoms with Gasteiger partial charge in [-0.3, -0.25) is 9.59 Å². The number of ether oxygens (including phenoxy) is 1. The zero-order valence-corrected chi connectivity index (χ0v) is 13.7. The molecule has 0 unspecified atom stereocenters. The maximum Gasteiger partial charge on any atom is 0.252 e. The lowest BCUT2D eigenvalue weighted by atomic mass is 9.96. The van der Waals surface area contributed by atoms with Crippen LogP contribution in [0.1, 0.15) is 38.7 Å². The first-order valence-corrected chi connectivity index (χ1v) is 8.42. The number of carbonyl (C=O) groups is 2. The normalized spacial score (nSPS) is 25.5. The summed E-state index contributed by atoms with van der Waals surface area (Å²) in [5.74, 6) is -0.0648. The first-order chi connectivity index (χ1) is 11.1. The smallest absolute Gasteiger partial charge is 0.252 e. The molecule has 1 fully saturated rings. The fourth-order valence-electron chi connectivity index (χ4n) is 3.37. The average Bonchev–Trinajstić information content (AvgIpc) is 3.04. The van der Waals surface area contributed by atoms with E-state index in [9.17, 15) is 9.59 Å². The molecule has 23 heavy (non-hydrogen) atoms. The summed E-state index contributed by atoms with van der Waals surface area (Å²) in [6.45, 7) is 5.14. The molecule has 1 aromatic carbocycles. The van der Waals surface area contributed by atoms with Crippen molar-refractivity contribution in [3.05, 3.63) is 29.8 Å². The number of carbonyl (C=O) groups excluding carboxylic acids is 2. The van der Waals surface area contributed by atoms with E-state index in [0.717, 1.165) is 30.5 Å². The average molecular weight is 316 g/mol. The van der Waals surface area contributed by atoms with Gasteiger partial charge in [-0.05, 0) is 30.4 Å². The Morgan fingerprint density at radius 1 is 1.43 bits per heavy atom. The highest BCUT2D eigenvalue weighted by Crippen LogP contribution is 2.29. The molecular formula is C18H24N2O3. The quantitative estimate of drug-likeness (QED) is 0.932. The number of hydrogen-bond donors (Lipinski definition) is 1. The highest BCUT2D eigenvalue weighted by molar-refractivity contribution is 5.99. The van der Waals surface area contributed by atoms with Gasteiger partial charge in [-0.2, -0.15) is 0 Å². The second-order valence-electron chi connectivity index (χ2n) is 6.44. The van der Waals surface area contributed by atoms with E-state index < -0.39 is 12.1 Å². The van der Waals surface area contributed by atoms with Crippen LogP contribution in [-0.4, -0.2) is 35.5 Å². The van der Waals surface area contributed by atoms with Gasteiger partial charge in [0.05, 0.1) is 0 Å². The number of hydrogen-bond acceptors (Lipinski definition) is 3. The van der Waals surface area contributed by atoms with Crippen LogP contribution in [0.25, 0.3) is 0 Å². The van der Waals surface area contributed by atoms with E-state index in [2.05, 4.69) is 5.32 Å². The van der Waals surface area contributed by atoms with E-state index in [1.165, 1.54) is 0 Å². The fraction of sp³-hybridized carbons (Fsp3) is 0.556. The molecular weight excluding hydrogens is 292 g/mol. The monoisotopic (exact) mass is 316 g/mol. The summed E-state index contributed by atoms with van der Waals surface area (Å²) in [4.78, 5) is 27.4. The third-order valence-corrected chi connectivity index (χ3v) is 4.89. The van der Waals surface area contributed by atoms with Gasteiger partial charge in [0.2, 0.25) is 5.91 Å². The third kappa shape index (κ3) is 3.11. The minimum atomic E-state index is -0.455. The second kappa shape index (κ2) is 6.71. The Balaban J connectivity index is 1.96. The molecule has 0 bridgehead atoms. The lowest BCUT2D eigenvalue weighted by Crippen LogP contribution is -2.51. The van der Waals surface area contributed by atoms with E-state index >= 15 is 0 Å². The Bertz CT molecular complexity index is 596. The molecule has 2 aliphatic heterocycles. The molecule has 0 spiro atoms. The Morgan fingerprint density at radius 3 is 2.91 bits per heavy atom. The summed E-state index contributed by atoms with van der Waals surface area (Å²) in [5.41, 5.74) is 1.77. The maximum atomic E-state index is 13.0. The van der Waals surface area contributed by atoms with E-state index in [1.807, 2.05) is 38.1 Å². The van der Waals surface area contributed by atoms with E-state index in [4.69, 9.17) is 4.74 Å². The number of amides is 2. The predicted octanol–water partition coefficient (Wildman–Crippen LogP) is 2.56. The molecule has 3 atom stereocenters. The SMILES string of the molecule is CC[C@H](C)[C@H]1C(=O)Nc2ccccc2CN1C(=O)[C@@H]1CCCO1. The van der Waals surface area contributed by atoms with Crippen LogP contribution < -0.4 is 5.32 Å². The van der Waals surface area contributed by atoms with Gasteiger partial charge < -0.3 is 15.0 Å². The highest BCUT2D eigenvalue weighted by atomic mass is 16.5. The van der Waals surface area contributed by atoms with Crippen LogP contribution in [0.4, 0.5) is 5.69 Å². The molecule has 1 N–H and O–H groups in total. The number of para-hydroxylation sites is 1. The summed E-state index contributed by atoms with van der Waals surface area (Å²) >= 11 is 0. The van der Waals surface area contributed by atoms with Crippen molar-refractivity contribution in [1.82, 2.24) is 4.90 Å². The summed E-state index contributed by atoms with van der Waals surface area (Å²) in [6, 6.07) is 7.23. The summed E-state index contributed by atoms with van der Waals surface area (Å²) in [6.07, 6.45) is 2.08. The van der Waals surface area contributed by atoms with Crippen LogP contribution in [0.3, 0.4) is 0 Å². The highest BCUT2D eigenvalue weighted by Gasteiger charge is 2.39. The molecule has 0 saturated carbocycles. The van der Waals surface area contributed by atoms with Crippen LogP contribution in [0, 0.1) is 5.92 Å². The van der Waals surface area contributed by atoms with E-state index in [1.54, 1.807) is 4.90 Å². The Kier molecular flexibility index (Phi) is 4.66. The van der Waals surface area contributed by atoms with E-state index in [0.29, 0.717) is 13.2 Å². The van der Waals surface area contributed by atoms with Crippen molar-refractivity contribution in [2.24, 2.45) is 5.92 Å². The van der Waals surface area contributed by atoms with Crippen LogP contribution in [0.15, 0.2) is 24.3 Å². The van der Waals surface area contributed by atoms with Gasteiger partial charge in [-0.1, -0.05) is 38.5 Å². The molecule has 2 amide bonds. The van der Waals surface area contributed by atoms with Crippen molar-refractivity contribution in [3.63, 3.8) is 0 Å². The minimum absolute atomic E-state index is 0.0559. The van der Waals surface area contributed by atoms with E-state index in [-0.39, 0.29) is 17.7 Å². The first-order valence-electron chi connectivity index (χ1n) is 8.42. The van der Waals surface area contributed by atoms with Crippen molar-refractivity contribution in [3.8, 4) is 0 Å². The number of fused-ring (bicyclic) bond motifs is 1. The van der Waals surface area contributed by atoms with Crippen LogP contribution >= 0.6 is 0 Å². The van der Waals surface area contributed by atoms with Crippen molar-refractivity contribution in [1.29, 1.82) is 0 Å². The third-order valence-electron chi connectivity index (χ3n) is 4.89. The summed E-state index contributed by atoms with van der Waals surface area (Å²) in [7, 11) is 0. The van der Waals surface area contributed by atoms with Crippen LogP contribution in [0.5, 0.6) is 0 Å². The number of anilines is 1. The molecule has 3 rings (SSSR count). The topological polar surface area (TPSA) is 58.6 Å². The van der Waals surface area contributed by atoms with Gasteiger partial charge in [-0.15, -0.1) is 0 Å². The molecule has 5 heteroatoms. The van der Waals surface area contributed by atoms with Crippen LogP contribution in [0.2, 0.25) is 0 Å². The molecule has 1 aromatic rings. The zero-order valence-electron chi connectivity index (χ0n) is 13.7. The van der Waals surface area contributed by atoms with Gasteiger partial charge in [0.1, 0.15) is 12.1 Å². The van der Waals surface area contributed by atoms with Gasteiger partial charge in [0.25, 0.3) is 5.91 Å². The van der Waals surface area contributed by atoms with Crippen molar-refractivity contribution < 1.29 is 14.3 Å². The second-order valence-corrected chi connectivity index (χ2v) is 6.44. The van der Waals surface area contributed by atoms with Gasteiger partial charge in [-0.25, -0.2) is 0 Å². The lowest BCUT2D eigenvalue weighted by Gasteiger charge is -2.33. The molecule has 0 aromatic heterocycles. The first kappa shape index (κ1) is 16.0. The summed E-state index contributed by atoms with van der Waals surface area (Å²) < 4.78 is 5.57. The molecule has 2 heterocycles. The Labute approximate surface area is 137 Å². The molecule has 0 aliphatic carbocycles. The Morgan fingerprint density at radius 2 is 2.22 bits per heavy atom. The van der Waals surface area contributed by atoms with Crippen molar-refractivity contribution in [2.75, 3.05) is 11.9 Å².